The molecule has 0 spiro atoms. The number of hydrogen-bond acceptors (Lipinski definition) is 3. The van der Waals surface area contributed by atoms with E-state index in [9.17, 15) is 8.78 Å². The molecule has 19 heavy (non-hydrogen) atoms. The van der Waals surface area contributed by atoms with Gasteiger partial charge in [0.05, 0.1) is 16.7 Å². The first-order valence-corrected chi connectivity index (χ1v) is 7.10. The van der Waals surface area contributed by atoms with Crippen LogP contribution in [-0.4, -0.2) is 11.5 Å². The van der Waals surface area contributed by atoms with Crippen LogP contribution < -0.4 is 5.32 Å². The van der Waals surface area contributed by atoms with Gasteiger partial charge in [0.25, 0.3) is 0 Å². The lowest BCUT2D eigenvalue weighted by Gasteiger charge is -2.17. The molecule has 2 rings (SSSR count). The molecule has 2 aromatic rings. The molecule has 0 aliphatic carbocycles. The van der Waals surface area contributed by atoms with Crippen molar-refractivity contribution in [3.05, 3.63) is 51.5 Å². The van der Waals surface area contributed by atoms with Gasteiger partial charge in [0.2, 0.25) is 0 Å². The second-order valence-corrected chi connectivity index (χ2v) is 5.41. The first-order chi connectivity index (χ1) is 9.11. The summed E-state index contributed by atoms with van der Waals surface area (Å²) in [6.07, 6.45) is 0.933. The summed E-state index contributed by atoms with van der Waals surface area (Å²) in [5.41, 5.74) is 1.21. The maximum absolute atomic E-state index is 13.9. The van der Waals surface area contributed by atoms with Gasteiger partial charge in [0.15, 0.2) is 0 Å². The Kier molecular flexibility index (Phi) is 4.61. The molecule has 0 fully saturated rings. The number of aromatic nitrogens is 1. The average Bonchev–Trinajstić information content (AvgIpc) is 2.78. The Morgan fingerprint density at radius 1 is 1.37 bits per heavy atom. The fourth-order valence-electron chi connectivity index (χ4n) is 1.91. The maximum Gasteiger partial charge on any atom is 0.131 e. The van der Waals surface area contributed by atoms with E-state index in [0.717, 1.165) is 29.7 Å². The number of nitrogens with one attached hydrogen (secondary N) is 1. The van der Waals surface area contributed by atoms with Gasteiger partial charge in [-0.15, -0.1) is 11.3 Å². The molecule has 0 bridgehead atoms. The van der Waals surface area contributed by atoms with E-state index >= 15 is 0 Å². The molecular weight excluding hydrogens is 266 g/mol. The highest BCUT2D eigenvalue weighted by Crippen LogP contribution is 2.26. The van der Waals surface area contributed by atoms with Gasteiger partial charge >= 0.3 is 0 Å². The van der Waals surface area contributed by atoms with E-state index in [-0.39, 0.29) is 6.04 Å². The van der Waals surface area contributed by atoms with E-state index in [1.807, 2.05) is 19.2 Å². The summed E-state index contributed by atoms with van der Waals surface area (Å²) >= 11 is 1.52. The Bertz CT molecular complexity index is 554. The van der Waals surface area contributed by atoms with Crippen LogP contribution in [0.5, 0.6) is 0 Å². The molecule has 0 amide bonds. The SMILES string of the molecule is CCCNC(c1csc(C)n1)c1ccc(F)cc1F. The van der Waals surface area contributed by atoms with Crippen molar-refractivity contribution in [2.45, 2.75) is 26.3 Å². The predicted octanol–water partition coefficient (Wildman–Crippen LogP) is 3.82. The summed E-state index contributed by atoms with van der Waals surface area (Å²) in [7, 11) is 0. The lowest BCUT2D eigenvalue weighted by Crippen LogP contribution is -2.24. The van der Waals surface area contributed by atoms with Gasteiger partial charge in [-0.25, -0.2) is 13.8 Å². The molecule has 102 valence electrons. The molecule has 1 unspecified atom stereocenters. The Morgan fingerprint density at radius 3 is 2.74 bits per heavy atom. The Hall–Kier alpha value is -1.33. The molecule has 1 aromatic carbocycles. The third kappa shape index (κ3) is 3.36. The Morgan fingerprint density at radius 2 is 2.16 bits per heavy atom. The van der Waals surface area contributed by atoms with Crippen LogP contribution in [0.3, 0.4) is 0 Å². The van der Waals surface area contributed by atoms with Crippen molar-refractivity contribution in [2.24, 2.45) is 0 Å². The van der Waals surface area contributed by atoms with Gasteiger partial charge in [0, 0.05) is 17.0 Å². The van der Waals surface area contributed by atoms with E-state index in [2.05, 4.69) is 10.3 Å². The molecule has 0 radical (unpaired) electrons. The molecule has 1 N–H and O–H groups in total. The highest BCUT2D eigenvalue weighted by Gasteiger charge is 2.20. The second-order valence-electron chi connectivity index (χ2n) is 4.34. The van der Waals surface area contributed by atoms with E-state index < -0.39 is 11.6 Å². The molecular formula is C14H16F2N2S. The number of nitrogens with zero attached hydrogens (tertiary/aromatic N) is 1. The fraction of sp³-hybridized carbons (Fsp3) is 0.357. The summed E-state index contributed by atoms with van der Waals surface area (Å²) in [5.74, 6) is -1.11. The average molecular weight is 282 g/mol. The number of aryl methyl sites for hydroxylation is 1. The number of hydrogen-bond donors (Lipinski definition) is 1. The molecule has 5 heteroatoms. The monoisotopic (exact) mass is 282 g/mol. The first kappa shape index (κ1) is 14.1. The molecule has 1 aromatic heterocycles. The zero-order chi connectivity index (χ0) is 13.8. The van der Waals surface area contributed by atoms with Crippen LogP contribution in [-0.2, 0) is 0 Å². The summed E-state index contributed by atoms with van der Waals surface area (Å²) in [6.45, 7) is 4.70. The predicted molar refractivity (Wildman–Crippen MR) is 73.3 cm³/mol. The lowest BCUT2D eigenvalue weighted by molar-refractivity contribution is 0.528. The minimum Gasteiger partial charge on any atom is -0.305 e. The summed E-state index contributed by atoms with van der Waals surface area (Å²) in [6, 6.07) is 3.34. The van der Waals surface area contributed by atoms with Crippen LogP contribution in [0.15, 0.2) is 23.6 Å². The van der Waals surface area contributed by atoms with Crippen molar-refractivity contribution in [2.75, 3.05) is 6.54 Å². The Balaban J connectivity index is 2.36. The first-order valence-electron chi connectivity index (χ1n) is 6.22. The molecule has 0 aliphatic rings. The largest absolute Gasteiger partial charge is 0.305 e. The molecule has 0 aliphatic heterocycles. The van der Waals surface area contributed by atoms with E-state index in [1.165, 1.54) is 23.5 Å². The van der Waals surface area contributed by atoms with Crippen LogP contribution in [0.25, 0.3) is 0 Å². The normalized spacial score (nSPS) is 12.6. The third-order valence-corrected chi connectivity index (χ3v) is 3.60. The molecule has 1 heterocycles. The molecule has 2 nitrogen and oxygen atoms in total. The van der Waals surface area contributed by atoms with E-state index in [0.29, 0.717) is 5.56 Å². The quantitative estimate of drug-likeness (QED) is 0.901. The number of rotatable bonds is 5. The standard InChI is InChI=1S/C14H16F2N2S/c1-3-6-17-14(13-8-19-9(2)18-13)11-5-4-10(15)7-12(11)16/h4-5,7-8,14,17H,3,6H2,1-2H3. The summed E-state index contributed by atoms with van der Waals surface area (Å²) in [5, 5.41) is 6.10. The van der Waals surface area contributed by atoms with Gasteiger partial charge in [-0.3, -0.25) is 0 Å². The van der Waals surface area contributed by atoms with Crippen molar-refractivity contribution in [1.82, 2.24) is 10.3 Å². The van der Waals surface area contributed by atoms with Crippen LogP contribution in [0.1, 0.15) is 35.7 Å². The van der Waals surface area contributed by atoms with Crippen molar-refractivity contribution in [3.8, 4) is 0 Å². The van der Waals surface area contributed by atoms with Crippen LogP contribution in [0.4, 0.5) is 8.78 Å². The number of thiazole rings is 1. The van der Waals surface area contributed by atoms with Gasteiger partial charge in [-0.1, -0.05) is 13.0 Å². The summed E-state index contributed by atoms with van der Waals surface area (Å²) < 4.78 is 26.9. The number of halogens is 2. The molecule has 0 saturated carbocycles. The van der Waals surface area contributed by atoms with Gasteiger partial charge in [0.1, 0.15) is 11.6 Å². The zero-order valence-corrected chi connectivity index (χ0v) is 11.7. The van der Waals surface area contributed by atoms with Gasteiger partial charge in [-0.05, 0) is 26.0 Å². The van der Waals surface area contributed by atoms with Crippen LogP contribution in [0.2, 0.25) is 0 Å². The Labute approximate surface area is 115 Å². The topological polar surface area (TPSA) is 24.9 Å². The molecule has 0 saturated heterocycles. The summed E-state index contributed by atoms with van der Waals surface area (Å²) in [4.78, 5) is 4.40. The van der Waals surface area contributed by atoms with Crippen LogP contribution >= 0.6 is 11.3 Å². The van der Waals surface area contributed by atoms with E-state index in [4.69, 9.17) is 0 Å². The highest BCUT2D eigenvalue weighted by molar-refractivity contribution is 7.09. The van der Waals surface area contributed by atoms with E-state index in [1.54, 1.807) is 0 Å². The van der Waals surface area contributed by atoms with Gasteiger partial charge < -0.3 is 5.32 Å². The third-order valence-electron chi connectivity index (χ3n) is 2.80. The zero-order valence-electron chi connectivity index (χ0n) is 10.9. The minimum atomic E-state index is -0.565. The van der Waals surface area contributed by atoms with Crippen molar-refractivity contribution in [1.29, 1.82) is 0 Å². The van der Waals surface area contributed by atoms with Gasteiger partial charge in [-0.2, -0.15) is 0 Å². The number of benzene rings is 1. The van der Waals surface area contributed by atoms with Crippen LogP contribution in [0, 0.1) is 18.6 Å². The molecule has 1 atom stereocenters. The van der Waals surface area contributed by atoms with Crippen molar-refractivity contribution >= 4 is 11.3 Å². The maximum atomic E-state index is 13.9. The highest BCUT2D eigenvalue weighted by atomic mass is 32.1. The minimum absolute atomic E-state index is 0.328. The smallest absolute Gasteiger partial charge is 0.131 e. The lowest BCUT2D eigenvalue weighted by atomic mass is 10.0. The van der Waals surface area contributed by atoms with Crippen molar-refractivity contribution < 1.29 is 8.78 Å². The fourth-order valence-corrected chi connectivity index (χ4v) is 2.55. The van der Waals surface area contributed by atoms with Crippen molar-refractivity contribution in [3.63, 3.8) is 0 Å². The second kappa shape index (κ2) is 6.21.